The highest BCUT2D eigenvalue weighted by Gasteiger charge is 2.79. The van der Waals surface area contributed by atoms with Crippen LogP contribution in [-0.2, 0) is 19.7 Å². The van der Waals surface area contributed by atoms with Crippen LogP contribution < -0.4 is 4.90 Å². The van der Waals surface area contributed by atoms with Crippen LogP contribution in [0.2, 0.25) is 0 Å². The maximum atomic E-state index is 13.3. The van der Waals surface area contributed by atoms with Crippen LogP contribution in [-0.4, -0.2) is 31.3 Å². The van der Waals surface area contributed by atoms with Crippen molar-refractivity contribution in [2.45, 2.75) is 19.3 Å². The minimum Gasteiger partial charge on any atom is -0.466 e. The summed E-state index contributed by atoms with van der Waals surface area (Å²) >= 11 is 0. The van der Waals surface area contributed by atoms with Crippen molar-refractivity contribution in [1.29, 1.82) is 0 Å². The van der Waals surface area contributed by atoms with E-state index < -0.39 is 23.2 Å². The summed E-state index contributed by atoms with van der Waals surface area (Å²) in [7, 11) is 1.68. The molecule has 0 saturated heterocycles. The number of nitrogens with zero attached hydrogens (tertiary/aromatic N) is 1. The van der Waals surface area contributed by atoms with Crippen molar-refractivity contribution in [3.8, 4) is 0 Å². The van der Waals surface area contributed by atoms with E-state index in [-0.39, 0.29) is 18.3 Å². The molecule has 0 bridgehead atoms. The van der Waals surface area contributed by atoms with Gasteiger partial charge in [0.15, 0.2) is 5.78 Å². The lowest BCUT2D eigenvalue weighted by atomic mass is 9.91. The van der Waals surface area contributed by atoms with Gasteiger partial charge in [-0.3, -0.25) is 14.4 Å². The van der Waals surface area contributed by atoms with Gasteiger partial charge in [0.1, 0.15) is 5.41 Å². The molecule has 0 aromatic heterocycles. The summed E-state index contributed by atoms with van der Waals surface area (Å²) in [6, 6.07) is 14.6. The van der Waals surface area contributed by atoms with E-state index in [1.807, 2.05) is 43.3 Å². The highest BCUT2D eigenvalue weighted by Crippen LogP contribution is 2.67. The van der Waals surface area contributed by atoms with E-state index in [1.54, 1.807) is 31.0 Å². The lowest BCUT2D eigenvalue weighted by Gasteiger charge is -2.11. The predicted molar refractivity (Wildman–Crippen MR) is 101 cm³/mol. The van der Waals surface area contributed by atoms with Crippen LogP contribution in [0, 0.1) is 18.8 Å². The lowest BCUT2D eigenvalue weighted by Crippen LogP contribution is -2.32. The third kappa shape index (κ3) is 2.27. The van der Waals surface area contributed by atoms with Crippen molar-refractivity contribution >= 4 is 23.3 Å². The van der Waals surface area contributed by atoms with E-state index in [4.69, 9.17) is 4.74 Å². The number of hydrogen-bond donors (Lipinski definition) is 0. The monoisotopic (exact) mass is 363 g/mol. The molecule has 5 heteroatoms. The molecule has 1 unspecified atom stereocenters. The number of rotatable bonds is 4. The van der Waals surface area contributed by atoms with Gasteiger partial charge in [-0.1, -0.05) is 48.0 Å². The van der Waals surface area contributed by atoms with Crippen LogP contribution in [0.15, 0.2) is 48.5 Å². The Balaban J connectivity index is 1.83. The van der Waals surface area contributed by atoms with Crippen LogP contribution in [0.4, 0.5) is 5.69 Å². The van der Waals surface area contributed by atoms with Gasteiger partial charge in [0, 0.05) is 18.3 Å². The number of ketones is 1. The van der Waals surface area contributed by atoms with Gasteiger partial charge in [-0.15, -0.1) is 0 Å². The summed E-state index contributed by atoms with van der Waals surface area (Å²) in [5.74, 6) is -2.41. The van der Waals surface area contributed by atoms with E-state index in [2.05, 4.69) is 0 Å². The molecule has 138 valence electrons. The van der Waals surface area contributed by atoms with E-state index in [0.29, 0.717) is 5.56 Å². The molecule has 2 aromatic rings. The first-order valence-electron chi connectivity index (χ1n) is 9.09. The van der Waals surface area contributed by atoms with Gasteiger partial charge in [0.2, 0.25) is 5.91 Å². The average molecular weight is 363 g/mol. The number of anilines is 1. The summed E-state index contributed by atoms with van der Waals surface area (Å²) in [5, 5.41) is 0. The van der Waals surface area contributed by atoms with Crippen molar-refractivity contribution < 1.29 is 19.1 Å². The Kier molecular flexibility index (Phi) is 3.91. The minimum atomic E-state index is -1.15. The van der Waals surface area contributed by atoms with E-state index in [9.17, 15) is 14.4 Å². The number of carbonyl (C=O) groups excluding carboxylic acids is 3. The molecule has 4 rings (SSSR count). The molecule has 1 saturated carbocycles. The van der Waals surface area contributed by atoms with Crippen LogP contribution in [0.3, 0.4) is 0 Å². The van der Waals surface area contributed by atoms with Gasteiger partial charge < -0.3 is 9.64 Å². The minimum absolute atomic E-state index is 0.188. The summed E-state index contributed by atoms with van der Waals surface area (Å²) in [6.45, 7) is 3.88. The summed E-state index contributed by atoms with van der Waals surface area (Å²) < 4.78 is 5.22. The van der Waals surface area contributed by atoms with Gasteiger partial charge in [-0.2, -0.15) is 0 Å². The van der Waals surface area contributed by atoms with Crippen molar-refractivity contribution in [2.75, 3.05) is 18.6 Å². The molecule has 1 aliphatic heterocycles. The van der Waals surface area contributed by atoms with Crippen LogP contribution in [0.25, 0.3) is 0 Å². The molecule has 1 fully saturated rings. The van der Waals surface area contributed by atoms with Crippen molar-refractivity contribution in [2.24, 2.45) is 11.8 Å². The Morgan fingerprint density at radius 3 is 2.41 bits per heavy atom. The summed E-state index contributed by atoms with van der Waals surface area (Å²) in [4.78, 5) is 40.7. The van der Waals surface area contributed by atoms with Gasteiger partial charge in [-0.05, 0) is 25.5 Å². The zero-order valence-electron chi connectivity index (χ0n) is 15.6. The van der Waals surface area contributed by atoms with Gasteiger partial charge in [0.05, 0.1) is 18.4 Å². The first-order chi connectivity index (χ1) is 12.9. The number of aryl methyl sites for hydroxylation is 1. The van der Waals surface area contributed by atoms with E-state index in [0.717, 1.165) is 16.8 Å². The summed E-state index contributed by atoms with van der Waals surface area (Å²) in [6.07, 6.45) is 0. The largest absolute Gasteiger partial charge is 0.466 e. The molecular weight excluding hydrogens is 342 g/mol. The number of likely N-dealkylation sites (N-methyl/N-ethyl adjacent to an activating group) is 1. The molecule has 1 heterocycles. The Hall–Kier alpha value is -2.95. The number of Topliss-reactive ketones (excluding diaryl/α,β-unsaturated/α-hetero) is 1. The Labute approximate surface area is 157 Å². The highest BCUT2D eigenvalue weighted by molar-refractivity contribution is 6.20. The van der Waals surface area contributed by atoms with Crippen LogP contribution in [0.5, 0.6) is 0 Å². The smallest absolute Gasteiger partial charge is 0.311 e. The molecule has 0 radical (unpaired) electrons. The van der Waals surface area contributed by atoms with E-state index >= 15 is 0 Å². The molecule has 27 heavy (non-hydrogen) atoms. The number of ether oxygens (including phenoxy) is 1. The fraction of sp³-hybridized carbons (Fsp3) is 0.318. The molecule has 1 spiro atoms. The first kappa shape index (κ1) is 17.5. The fourth-order valence-corrected chi connectivity index (χ4v) is 4.42. The average Bonchev–Trinajstić information content (AvgIpc) is 3.32. The second-order valence-corrected chi connectivity index (χ2v) is 7.19. The molecule has 2 aromatic carbocycles. The molecule has 3 atom stereocenters. The lowest BCUT2D eigenvalue weighted by molar-refractivity contribution is -0.146. The van der Waals surface area contributed by atoms with Crippen molar-refractivity contribution in [3.63, 3.8) is 0 Å². The number of benzene rings is 2. The molecule has 1 amide bonds. The second-order valence-electron chi connectivity index (χ2n) is 7.19. The normalized spacial score (nSPS) is 25.4. The third-order valence-electron chi connectivity index (χ3n) is 5.73. The number of para-hydroxylation sites is 1. The Bertz CT molecular complexity index is 949. The highest BCUT2D eigenvalue weighted by atomic mass is 16.5. The van der Waals surface area contributed by atoms with Crippen LogP contribution in [0.1, 0.15) is 28.4 Å². The molecule has 2 aliphatic rings. The van der Waals surface area contributed by atoms with Crippen molar-refractivity contribution in [1.82, 2.24) is 0 Å². The number of esters is 1. The quantitative estimate of drug-likeness (QED) is 0.619. The first-order valence-corrected chi connectivity index (χ1v) is 9.09. The molecular formula is C22H21NO4. The Morgan fingerprint density at radius 1 is 1.07 bits per heavy atom. The SMILES string of the molecule is CCOC(=O)[C@H]1[C@H](C(=O)c2ccc(C)cc2)C12C(=O)N(C)c1ccccc12. The Morgan fingerprint density at radius 2 is 1.74 bits per heavy atom. The van der Waals surface area contributed by atoms with Crippen LogP contribution >= 0.6 is 0 Å². The topological polar surface area (TPSA) is 63.7 Å². The molecule has 1 aliphatic carbocycles. The summed E-state index contributed by atoms with van der Waals surface area (Å²) in [5.41, 5.74) is 1.88. The number of fused-ring (bicyclic) bond motifs is 2. The number of amides is 1. The molecule has 0 N–H and O–H groups in total. The van der Waals surface area contributed by atoms with Gasteiger partial charge in [0.25, 0.3) is 0 Å². The van der Waals surface area contributed by atoms with Crippen molar-refractivity contribution in [3.05, 3.63) is 65.2 Å². The van der Waals surface area contributed by atoms with Gasteiger partial charge >= 0.3 is 5.97 Å². The van der Waals surface area contributed by atoms with Gasteiger partial charge in [-0.25, -0.2) is 0 Å². The predicted octanol–water partition coefficient (Wildman–Crippen LogP) is 2.90. The number of hydrogen-bond acceptors (Lipinski definition) is 4. The number of carbonyl (C=O) groups is 3. The maximum Gasteiger partial charge on any atom is 0.311 e. The van der Waals surface area contributed by atoms with E-state index in [1.165, 1.54) is 0 Å². The maximum absolute atomic E-state index is 13.3. The zero-order valence-corrected chi connectivity index (χ0v) is 15.6. The third-order valence-corrected chi connectivity index (χ3v) is 5.73. The second kappa shape index (κ2) is 6.05. The fourth-order valence-electron chi connectivity index (χ4n) is 4.42. The molecule has 5 nitrogen and oxygen atoms in total. The zero-order chi connectivity index (χ0) is 19.3. The standard InChI is InChI=1S/C22H21NO4/c1-4-27-20(25)18-17(19(24)14-11-9-13(2)10-12-14)22(18)15-7-5-6-8-16(15)23(3)21(22)26/h5-12,17-18H,4H2,1-3H3/t17-,18-,22?/m1/s1.